The van der Waals surface area contributed by atoms with Gasteiger partial charge in [0.25, 0.3) is 0 Å². The summed E-state index contributed by atoms with van der Waals surface area (Å²) in [5.41, 5.74) is 0.796. The van der Waals surface area contributed by atoms with Crippen LogP contribution in [0.4, 0.5) is 9.52 Å². The Morgan fingerprint density at radius 1 is 1.50 bits per heavy atom. The smallest absolute Gasteiger partial charge is 0.335 e. The molecule has 0 bridgehead atoms. The van der Waals surface area contributed by atoms with E-state index >= 15 is 0 Å². The minimum absolute atomic E-state index is 0.0645. The highest BCUT2D eigenvalue weighted by atomic mass is 32.1. The number of thiazole rings is 1. The van der Waals surface area contributed by atoms with Gasteiger partial charge < -0.3 is 15.3 Å². The molecule has 0 aliphatic heterocycles. The number of aromatic nitrogens is 1. The summed E-state index contributed by atoms with van der Waals surface area (Å²) in [4.78, 5) is 17.5. The number of nitrogens with two attached hydrogens (primary N) is 1. The molecule has 0 amide bonds. The van der Waals surface area contributed by atoms with E-state index in [1.54, 1.807) is 5.38 Å². The van der Waals surface area contributed by atoms with E-state index in [-0.39, 0.29) is 5.56 Å². The van der Waals surface area contributed by atoms with E-state index in [9.17, 15) is 9.18 Å². The summed E-state index contributed by atoms with van der Waals surface area (Å²) in [7, 11) is 2.01. The monoisotopic (exact) mass is 324 g/mol. The number of halogens is 1. The van der Waals surface area contributed by atoms with Crippen LogP contribution in [0.1, 0.15) is 17.3 Å². The largest absolute Gasteiger partial charge is 0.478 e. The zero-order valence-corrected chi connectivity index (χ0v) is 13.4. The quantitative estimate of drug-likeness (QED) is 0.813. The number of carboxylic acids is 1. The normalized spacial score (nSPS) is 10.7. The molecule has 2 rings (SSSR count). The lowest BCUT2D eigenvalue weighted by Crippen LogP contribution is -2.81. The van der Waals surface area contributed by atoms with Gasteiger partial charge in [0.2, 0.25) is 0 Å². The number of hydrogen-bond acceptors (Lipinski definition) is 4. The molecular formula is C15H19FN3O2S+. The maximum absolute atomic E-state index is 14.1. The first-order chi connectivity index (χ1) is 10.6. The number of carboxylic acid groups (broad SMARTS) is 1. The van der Waals surface area contributed by atoms with Crippen molar-refractivity contribution >= 4 is 22.4 Å². The van der Waals surface area contributed by atoms with Crippen molar-refractivity contribution in [1.82, 2.24) is 4.98 Å². The number of anilines is 1. The van der Waals surface area contributed by atoms with E-state index < -0.39 is 11.8 Å². The minimum atomic E-state index is -1.14. The van der Waals surface area contributed by atoms with E-state index in [0.29, 0.717) is 11.3 Å². The lowest BCUT2D eigenvalue weighted by molar-refractivity contribution is -0.624. The number of carbonyl (C=O) groups is 1. The van der Waals surface area contributed by atoms with Crippen LogP contribution < -0.4 is 10.2 Å². The lowest BCUT2D eigenvalue weighted by atomic mass is 10.1. The highest BCUT2D eigenvalue weighted by Crippen LogP contribution is 2.29. The Bertz CT molecular complexity index is 660. The molecule has 0 unspecified atom stereocenters. The third-order valence-electron chi connectivity index (χ3n) is 3.32. The molecule has 0 radical (unpaired) electrons. The third-order valence-corrected chi connectivity index (χ3v) is 4.23. The highest BCUT2D eigenvalue weighted by Gasteiger charge is 2.15. The first-order valence-electron chi connectivity index (χ1n) is 7.08. The van der Waals surface area contributed by atoms with Crippen molar-refractivity contribution in [2.45, 2.75) is 6.92 Å². The molecule has 0 aliphatic rings. The molecule has 2 aromatic rings. The van der Waals surface area contributed by atoms with Crippen LogP contribution in [-0.4, -0.2) is 42.7 Å². The topological polar surface area (TPSA) is 70.0 Å². The molecule has 0 fully saturated rings. The number of quaternary nitrogens is 1. The van der Waals surface area contributed by atoms with Gasteiger partial charge in [-0.05, 0) is 25.1 Å². The van der Waals surface area contributed by atoms with Crippen molar-refractivity contribution < 1.29 is 19.6 Å². The number of benzene rings is 1. The van der Waals surface area contributed by atoms with Gasteiger partial charge in [-0.25, -0.2) is 14.2 Å². The molecule has 5 nitrogen and oxygen atoms in total. The van der Waals surface area contributed by atoms with Crippen LogP contribution in [-0.2, 0) is 0 Å². The standard InChI is InChI=1S/C15H18FN3O2S/c1-3-19(7-6-17-2)15-18-13(9-22-15)11-5-4-10(14(20)21)8-12(11)16/h4-5,8-9,17H,3,6-7H2,1-2H3,(H,20,21)/p+1. The molecule has 0 saturated carbocycles. The second-order valence-corrected chi connectivity index (χ2v) is 5.63. The number of aromatic carboxylic acids is 1. The van der Waals surface area contributed by atoms with Gasteiger partial charge in [0.15, 0.2) is 5.13 Å². The van der Waals surface area contributed by atoms with Gasteiger partial charge in [-0.3, -0.25) is 0 Å². The van der Waals surface area contributed by atoms with Crippen LogP contribution in [0.15, 0.2) is 23.6 Å². The predicted octanol–water partition coefficient (Wildman–Crippen LogP) is 1.67. The van der Waals surface area contributed by atoms with Crippen LogP contribution >= 0.6 is 11.3 Å². The van der Waals surface area contributed by atoms with E-state index in [4.69, 9.17) is 5.11 Å². The van der Waals surface area contributed by atoms with Crippen molar-refractivity contribution in [2.24, 2.45) is 0 Å². The summed E-state index contributed by atoms with van der Waals surface area (Å²) in [6.07, 6.45) is 0. The highest BCUT2D eigenvalue weighted by molar-refractivity contribution is 7.14. The van der Waals surface area contributed by atoms with Gasteiger partial charge in [-0.2, -0.15) is 0 Å². The van der Waals surface area contributed by atoms with Gasteiger partial charge in [-0.15, -0.1) is 11.3 Å². The molecule has 0 aliphatic carbocycles. The SMILES string of the molecule is CCN(CC[NH2+]C)c1nc(-c2ccc(C(=O)O)cc2F)cs1. The first kappa shape index (κ1) is 16.4. The van der Waals surface area contributed by atoms with Gasteiger partial charge in [-0.1, -0.05) is 0 Å². The second kappa shape index (κ2) is 7.33. The van der Waals surface area contributed by atoms with Crippen LogP contribution in [0.25, 0.3) is 11.3 Å². The van der Waals surface area contributed by atoms with Crippen molar-refractivity contribution in [3.8, 4) is 11.3 Å². The summed E-state index contributed by atoms with van der Waals surface area (Å²) >= 11 is 1.46. The Hall–Kier alpha value is -1.99. The summed E-state index contributed by atoms with van der Waals surface area (Å²) in [6, 6.07) is 3.89. The summed E-state index contributed by atoms with van der Waals surface area (Å²) in [5.74, 6) is -1.71. The molecule has 0 spiro atoms. The van der Waals surface area contributed by atoms with Gasteiger partial charge in [0, 0.05) is 17.5 Å². The van der Waals surface area contributed by atoms with Gasteiger partial charge >= 0.3 is 5.97 Å². The fourth-order valence-corrected chi connectivity index (χ4v) is 2.98. The van der Waals surface area contributed by atoms with E-state index in [2.05, 4.69) is 22.1 Å². The predicted molar refractivity (Wildman–Crippen MR) is 85.1 cm³/mol. The summed E-state index contributed by atoms with van der Waals surface area (Å²) in [5, 5.41) is 13.6. The molecular weight excluding hydrogens is 305 g/mol. The molecule has 0 atom stereocenters. The summed E-state index contributed by atoms with van der Waals surface area (Å²) < 4.78 is 14.1. The van der Waals surface area contributed by atoms with Crippen LogP contribution in [0.5, 0.6) is 0 Å². The average molecular weight is 324 g/mol. The Kier molecular flexibility index (Phi) is 5.46. The number of rotatable bonds is 7. The van der Waals surface area contributed by atoms with Crippen molar-refractivity contribution in [2.75, 3.05) is 31.6 Å². The number of hydrogen-bond donors (Lipinski definition) is 2. The Morgan fingerprint density at radius 3 is 2.86 bits per heavy atom. The minimum Gasteiger partial charge on any atom is -0.478 e. The Labute approximate surface area is 132 Å². The van der Waals surface area contributed by atoms with E-state index in [0.717, 1.165) is 30.8 Å². The van der Waals surface area contributed by atoms with E-state index in [1.165, 1.54) is 23.5 Å². The van der Waals surface area contributed by atoms with Crippen molar-refractivity contribution in [3.05, 3.63) is 35.0 Å². The Morgan fingerprint density at radius 2 is 2.27 bits per heavy atom. The van der Waals surface area contributed by atoms with Crippen LogP contribution in [0, 0.1) is 5.82 Å². The first-order valence-corrected chi connectivity index (χ1v) is 7.96. The zero-order chi connectivity index (χ0) is 16.1. The lowest BCUT2D eigenvalue weighted by Gasteiger charge is -2.18. The second-order valence-electron chi connectivity index (χ2n) is 4.79. The van der Waals surface area contributed by atoms with Crippen molar-refractivity contribution in [1.29, 1.82) is 0 Å². The molecule has 1 aromatic heterocycles. The van der Waals surface area contributed by atoms with Crippen LogP contribution in [0.3, 0.4) is 0 Å². The van der Waals surface area contributed by atoms with Gasteiger partial charge in [0.05, 0.1) is 31.4 Å². The van der Waals surface area contributed by atoms with E-state index in [1.807, 2.05) is 7.05 Å². The summed E-state index contributed by atoms with van der Waals surface area (Å²) in [6.45, 7) is 4.73. The third kappa shape index (κ3) is 3.61. The average Bonchev–Trinajstić information content (AvgIpc) is 2.97. The maximum Gasteiger partial charge on any atom is 0.335 e. The number of likely N-dealkylation sites (N-methyl/N-ethyl adjacent to an activating group) is 2. The molecule has 7 heteroatoms. The molecule has 0 saturated heterocycles. The fourth-order valence-electron chi connectivity index (χ4n) is 2.06. The molecule has 22 heavy (non-hydrogen) atoms. The molecule has 3 N–H and O–H groups in total. The van der Waals surface area contributed by atoms with Crippen LogP contribution in [0.2, 0.25) is 0 Å². The molecule has 118 valence electrons. The van der Waals surface area contributed by atoms with Crippen molar-refractivity contribution in [3.63, 3.8) is 0 Å². The molecule has 1 aromatic carbocycles. The fraction of sp³-hybridized carbons (Fsp3) is 0.333. The Balaban J connectivity index is 2.25. The number of nitrogens with zero attached hydrogens (tertiary/aromatic N) is 2. The van der Waals surface area contributed by atoms with Gasteiger partial charge in [0.1, 0.15) is 5.82 Å². The molecule has 1 heterocycles. The zero-order valence-electron chi connectivity index (χ0n) is 12.5. The maximum atomic E-state index is 14.1.